The minimum atomic E-state index is -0.210. The van der Waals surface area contributed by atoms with Crippen LogP contribution in [0.4, 0.5) is 5.69 Å². The number of amides is 1. The molecule has 29 heavy (non-hydrogen) atoms. The monoisotopic (exact) mass is 442 g/mol. The highest BCUT2D eigenvalue weighted by Gasteiger charge is 2.24. The Kier molecular flexibility index (Phi) is 5.54. The van der Waals surface area contributed by atoms with Gasteiger partial charge in [0, 0.05) is 16.7 Å². The third kappa shape index (κ3) is 4.42. The second kappa shape index (κ2) is 8.11. The number of rotatable bonds is 3. The number of hydrogen-bond acceptors (Lipinski definition) is 4. The molecule has 0 atom stereocenters. The molecule has 4 nitrogen and oxygen atoms in total. The Bertz CT molecular complexity index is 1180. The Hall–Kier alpha value is -2.47. The van der Waals surface area contributed by atoms with Crippen LogP contribution in [-0.2, 0) is 4.79 Å². The number of furan rings is 1. The van der Waals surface area contributed by atoms with E-state index in [0.29, 0.717) is 37.2 Å². The molecule has 4 rings (SSSR count). The van der Waals surface area contributed by atoms with Crippen LogP contribution in [0.2, 0.25) is 10.0 Å². The molecule has 0 aliphatic carbocycles. The topological polar surface area (TPSA) is 54.6 Å². The molecule has 2 heterocycles. The summed E-state index contributed by atoms with van der Waals surface area (Å²) in [6.07, 6.45) is 1.69. The number of carbonyl (C=O) groups excluding carboxylic acids is 1. The minimum absolute atomic E-state index is 0.210. The zero-order chi connectivity index (χ0) is 20.5. The van der Waals surface area contributed by atoms with Crippen LogP contribution in [0.5, 0.6) is 0 Å². The van der Waals surface area contributed by atoms with Crippen molar-refractivity contribution in [1.82, 2.24) is 5.32 Å². The third-order valence-electron chi connectivity index (χ3n) is 4.33. The van der Waals surface area contributed by atoms with Crippen LogP contribution >= 0.6 is 35.0 Å². The molecule has 0 bridgehead atoms. The Morgan fingerprint density at radius 1 is 1.07 bits per heavy atom. The van der Waals surface area contributed by atoms with Gasteiger partial charge in [-0.1, -0.05) is 35.3 Å². The van der Waals surface area contributed by atoms with Crippen molar-refractivity contribution in [2.75, 3.05) is 0 Å². The number of nitrogens with zero attached hydrogens (tertiary/aromatic N) is 1. The second-order valence-corrected chi connectivity index (χ2v) is 8.47. The first-order valence-corrected chi connectivity index (χ1v) is 10.4. The first-order chi connectivity index (χ1) is 13.9. The smallest absolute Gasteiger partial charge is 0.264 e. The highest BCUT2D eigenvalue weighted by atomic mass is 35.5. The van der Waals surface area contributed by atoms with Crippen molar-refractivity contribution in [2.45, 2.75) is 13.8 Å². The Morgan fingerprint density at radius 3 is 2.72 bits per heavy atom. The van der Waals surface area contributed by atoms with Gasteiger partial charge >= 0.3 is 0 Å². The molecule has 7 heteroatoms. The largest absolute Gasteiger partial charge is 0.457 e. The van der Waals surface area contributed by atoms with E-state index in [1.165, 1.54) is 11.8 Å². The molecular weight excluding hydrogens is 427 g/mol. The molecule has 0 spiro atoms. The molecule has 2 aromatic carbocycles. The Balaban J connectivity index is 1.59. The maximum atomic E-state index is 12.3. The average molecular weight is 443 g/mol. The van der Waals surface area contributed by atoms with Crippen LogP contribution in [0.25, 0.3) is 17.4 Å². The zero-order valence-electron chi connectivity index (χ0n) is 15.6. The number of amidine groups is 1. The van der Waals surface area contributed by atoms with Crippen LogP contribution in [0.1, 0.15) is 16.9 Å². The van der Waals surface area contributed by atoms with Crippen molar-refractivity contribution < 1.29 is 9.21 Å². The van der Waals surface area contributed by atoms with Crippen molar-refractivity contribution in [3.8, 4) is 11.3 Å². The summed E-state index contributed by atoms with van der Waals surface area (Å²) in [7, 11) is 0. The van der Waals surface area contributed by atoms with Gasteiger partial charge in [-0.05, 0) is 73.1 Å². The third-order valence-corrected chi connectivity index (χ3v) is 5.81. The van der Waals surface area contributed by atoms with Gasteiger partial charge in [-0.15, -0.1) is 0 Å². The van der Waals surface area contributed by atoms with E-state index in [2.05, 4.69) is 10.3 Å². The van der Waals surface area contributed by atoms with Crippen LogP contribution in [-0.4, -0.2) is 11.1 Å². The summed E-state index contributed by atoms with van der Waals surface area (Å²) < 4.78 is 5.85. The summed E-state index contributed by atoms with van der Waals surface area (Å²) in [6, 6.07) is 14.8. The lowest BCUT2D eigenvalue weighted by Crippen LogP contribution is -2.19. The van der Waals surface area contributed by atoms with E-state index in [1.54, 1.807) is 36.4 Å². The molecule has 0 unspecified atom stereocenters. The Morgan fingerprint density at radius 2 is 1.90 bits per heavy atom. The van der Waals surface area contributed by atoms with Crippen LogP contribution in [0, 0.1) is 13.8 Å². The molecule has 0 saturated carbocycles. The lowest BCUT2D eigenvalue weighted by molar-refractivity contribution is -0.115. The van der Waals surface area contributed by atoms with E-state index < -0.39 is 0 Å². The minimum Gasteiger partial charge on any atom is -0.457 e. The Labute approximate surface area is 182 Å². The molecule has 1 N–H and O–H groups in total. The summed E-state index contributed by atoms with van der Waals surface area (Å²) in [5, 5.41) is 4.45. The van der Waals surface area contributed by atoms with Gasteiger partial charge < -0.3 is 9.73 Å². The van der Waals surface area contributed by atoms with Gasteiger partial charge in [0.15, 0.2) is 5.17 Å². The predicted molar refractivity (Wildman–Crippen MR) is 121 cm³/mol. The molecule has 1 aromatic heterocycles. The summed E-state index contributed by atoms with van der Waals surface area (Å²) in [5.74, 6) is 0.913. The number of halogens is 2. The van der Waals surface area contributed by atoms with Gasteiger partial charge in [0.1, 0.15) is 11.5 Å². The van der Waals surface area contributed by atoms with Gasteiger partial charge in [0.25, 0.3) is 5.91 Å². The van der Waals surface area contributed by atoms with Crippen molar-refractivity contribution in [1.29, 1.82) is 0 Å². The fourth-order valence-corrected chi connectivity index (χ4v) is 4.02. The zero-order valence-corrected chi connectivity index (χ0v) is 18.0. The molecule has 146 valence electrons. The van der Waals surface area contributed by atoms with Crippen LogP contribution < -0.4 is 5.32 Å². The highest BCUT2D eigenvalue weighted by Crippen LogP contribution is 2.34. The number of benzene rings is 2. The predicted octanol–water partition coefficient (Wildman–Crippen LogP) is 6.76. The van der Waals surface area contributed by atoms with Crippen molar-refractivity contribution in [3.63, 3.8) is 0 Å². The van der Waals surface area contributed by atoms with Gasteiger partial charge in [0.05, 0.1) is 15.6 Å². The molecule has 1 fully saturated rings. The van der Waals surface area contributed by atoms with E-state index in [1.807, 2.05) is 32.0 Å². The average Bonchev–Trinajstić information content (AvgIpc) is 3.27. The highest BCUT2D eigenvalue weighted by molar-refractivity contribution is 8.18. The summed E-state index contributed by atoms with van der Waals surface area (Å²) in [5.41, 5.74) is 3.70. The first kappa shape index (κ1) is 19.8. The number of hydrogen-bond donors (Lipinski definition) is 1. The van der Waals surface area contributed by atoms with E-state index in [4.69, 9.17) is 27.6 Å². The SMILES string of the molecule is Cc1ccc(C)c(N=C2NC(=O)C(=Cc3ccc(-c4cc(Cl)ccc4Cl)o3)S2)c1. The number of nitrogens with one attached hydrogen (secondary N) is 1. The number of aryl methyl sites for hydroxylation is 2. The normalized spacial score (nSPS) is 16.6. The van der Waals surface area contributed by atoms with E-state index >= 15 is 0 Å². The van der Waals surface area contributed by atoms with E-state index in [-0.39, 0.29) is 5.91 Å². The molecule has 1 amide bonds. The lowest BCUT2D eigenvalue weighted by Gasteiger charge is -2.02. The van der Waals surface area contributed by atoms with Gasteiger partial charge in [0.2, 0.25) is 0 Å². The first-order valence-electron chi connectivity index (χ1n) is 8.81. The number of thioether (sulfide) groups is 1. The van der Waals surface area contributed by atoms with Gasteiger partial charge in [-0.3, -0.25) is 4.79 Å². The standard InChI is InChI=1S/C22H16Cl2N2O2S/c1-12-3-4-13(2)18(9-12)25-22-26-21(27)20(29-22)11-15-6-8-19(28-15)16-10-14(23)5-7-17(16)24/h3-11H,1-2H3,(H,25,26,27). The maximum Gasteiger partial charge on any atom is 0.264 e. The lowest BCUT2D eigenvalue weighted by atomic mass is 10.1. The van der Waals surface area contributed by atoms with E-state index in [0.717, 1.165) is 16.8 Å². The second-order valence-electron chi connectivity index (χ2n) is 6.60. The molecule has 0 radical (unpaired) electrons. The maximum absolute atomic E-state index is 12.3. The summed E-state index contributed by atoms with van der Waals surface area (Å²) >= 11 is 13.6. The quantitative estimate of drug-likeness (QED) is 0.455. The fourth-order valence-electron chi connectivity index (χ4n) is 2.82. The molecular formula is C22H16Cl2N2O2S. The van der Waals surface area contributed by atoms with E-state index in [9.17, 15) is 4.79 Å². The molecule has 1 aliphatic heterocycles. The summed E-state index contributed by atoms with van der Waals surface area (Å²) in [4.78, 5) is 17.4. The van der Waals surface area contributed by atoms with Gasteiger partial charge in [-0.2, -0.15) is 0 Å². The van der Waals surface area contributed by atoms with Crippen molar-refractivity contribution in [3.05, 3.63) is 80.4 Å². The van der Waals surface area contributed by atoms with Crippen molar-refractivity contribution in [2.24, 2.45) is 4.99 Å². The molecule has 1 saturated heterocycles. The molecule has 3 aromatic rings. The summed E-state index contributed by atoms with van der Waals surface area (Å²) in [6.45, 7) is 4.00. The molecule has 1 aliphatic rings. The van der Waals surface area contributed by atoms with Crippen molar-refractivity contribution >= 4 is 57.8 Å². The number of carbonyl (C=O) groups is 1. The van der Waals surface area contributed by atoms with Crippen LogP contribution in [0.15, 0.2) is 62.8 Å². The van der Waals surface area contributed by atoms with Gasteiger partial charge in [-0.25, -0.2) is 4.99 Å². The van der Waals surface area contributed by atoms with Crippen LogP contribution in [0.3, 0.4) is 0 Å². The fraction of sp³-hybridized carbons (Fsp3) is 0.0909. The number of aliphatic imine (C=N–C) groups is 1.